The van der Waals surface area contributed by atoms with Crippen molar-refractivity contribution in [2.75, 3.05) is 13.7 Å². The van der Waals surface area contributed by atoms with Crippen molar-refractivity contribution < 1.29 is 10.1 Å². The molecule has 0 saturated heterocycles. The van der Waals surface area contributed by atoms with Gasteiger partial charge in [-0.15, -0.1) is 0 Å². The van der Waals surface area contributed by atoms with Crippen LogP contribution in [0.15, 0.2) is 24.3 Å². The lowest BCUT2D eigenvalue weighted by molar-refractivity contribution is -0.693. The molecule has 0 unspecified atom stereocenters. The van der Waals surface area contributed by atoms with Crippen LogP contribution >= 0.6 is 0 Å². The summed E-state index contributed by atoms with van der Waals surface area (Å²) in [7, 11) is 1.70. The first kappa shape index (κ1) is 11.1. The maximum atomic E-state index is 5.13. The van der Waals surface area contributed by atoms with Crippen LogP contribution in [0.2, 0.25) is 0 Å². The van der Waals surface area contributed by atoms with E-state index in [1.54, 1.807) is 7.11 Å². The normalized spacial score (nSPS) is 12.5. The Bertz CT molecular complexity index is 256. The first-order valence-corrected chi connectivity index (χ1v) is 5.29. The van der Waals surface area contributed by atoms with E-state index >= 15 is 0 Å². The number of methoxy groups -OCH3 is 1. The molecule has 0 amide bonds. The number of ether oxygens (including phenoxy) is 1. The Kier molecular flexibility index (Phi) is 4.47. The Labute approximate surface area is 86.3 Å². The van der Waals surface area contributed by atoms with Gasteiger partial charge in [-0.1, -0.05) is 6.92 Å². The summed E-state index contributed by atoms with van der Waals surface area (Å²) in [4.78, 5) is 0. The van der Waals surface area contributed by atoms with Crippen molar-refractivity contribution in [2.45, 2.75) is 26.3 Å². The van der Waals surface area contributed by atoms with Gasteiger partial charge in [-0.2, -0.15) is 0 Å². The Hall–Kier alpha value is -1.02. The molecule has 0 aliphatic carbocycles. The van der Waals surface area contributed by atoms with Crippen molar-refractivity contribution in [1.82, 2.24) is 0 Å². The van der Waals surface area contributed by atoms with E-state index in [0.717, 1.165) is 12.3 Å². The first-order chi connectivity index (χ1) is 6.81. The molecule has 2 N–H and O–H groups in total. The summed E-state index contributed by atoms with van der Waals surface area (Å²) in [5, 5.41) is 2.36. The molecule has 0 radical (unpaired) electrons. The minimum Gasteiger partial charge on any atom is -0.497 e. The molecule has 1 aromatic carbocycles. The molecule has 1 rings (SSSR count). The molecule has 0 heterocycles. The van der Waals surface area contributed by atoms with Crippen molar-refractivity contribution in [3.63, 3.8) is 0 Å². The molecular formula is C12H20NO+. The van der Waals surface area contributed by atoms with E-state index in [4.69, 9.17) is 4.74 Å². The van der Waals surface area contributed by atoms with Crippen molar-refractivity contribution in [3.05, 3.63) is 29.8 Å². The highest BCUT2D eigenvalue weighted by Gasteiger charge is 2.10. The molecule has 0 aliphatic heterocycles. The zero-order chi connectivity index (χ0) is 10.4. The minimum atomic E-state index is 0.589. The lowest BCUT2D eigenvalue weighted by Gasteiger charge is -2.13. The molecular weight excluding hydrogens is 174 g/mol. The summed E-state index contributed by atoms with van der Waals surface area (Å²) in [5.41, 5.74) is 1.38. The van der Waals surface area contributed by atoms with E-state index in [1.165, 1.54) is 12.0 Å². The first-order valence-electron chi connectivity index (χ1n) is 5.29. The second-order valence-electron chi connectivity index (χ2n) is 3.43. The number of quaternary nitrogens is 1. The van der Waals surface area contributed by atoms with Crippen LogP contribution in [0.4, 0.5) is 0 Å². The van der Waals surface area contributed by atoms with Crippen molar-refractivity contribution in [2.24, 2.45) is 0 Å². The summed E-state index contributed by atoms with van der Waals surface area (Å²) in [6.07, 6.45) is 1.17. The van der Waals surface area contributed by atoms with Crippen LogP contribution in [-0.2, 0) is 0 Å². The summed E-state index contributed by atoms with van der Waals surface area (Å²) in [6, 6.07) is 8.95. The average molecular weight is 194 g/mol. The molecule has 0 spiro atoms. The Morgan fingerprint density at radius 3 is 2.29 bits per heavy atom. The molecule has 0 aromatic heterocycles. The fourth-order valence-electron chi connectivity index (χ4n) is 1.67. The summed E-state index contributed by atoms with van der Waals surface area (Å²) in [6.45, 7) is 5.54. The van der Waals surface area contributed by atoms with E-state index in [9.17, 15) is 0 Å². The van der Waals surface area contributed by atoms with Gasteiger partial charge < -0.3 is 10.1 Å². The van der Waals surface area contributed by atoms with Gasteiger partial charge in [-0.05, 0) is 31.2 Å². The van der Waals surface area contributed by atoms with Crippen LogP contribution in [0.5, 0.6) is 5.75 Å². The van der Waals surface area contributed by atoms with Gasteiger partial charge in [-0.3, -0.25) is 0 Å². The Morgan fingerprint density at radius 2 is 1.86 bits per heavy atom. The molecule has 0 saturated carbocycles. The molecule has 14 heavy (non-hydrogen) atoms. The maximum Gasteiger partial charge on any atom is 0.118 e. The van der Waals surface area contributed by atoms with Gasteiger partial charge in [0, 0.05) is 12.0 Å². The minimum absolute atomic E-state index is 0.589. The van der Waals surface area contributed by atoms with E-state index in [1.807, 2.05) is 12.1 Å². The maximum absolute atomic E-state index is 5.13. The molecule has 0 fully saturated rings. The number of hydrogen-bond donors (Lipinski definition) is 1. The quantitative estimate of drug-likeness (QED) is 0.759. The Balaban J connectivity index is 2.73. The van der Waals surface area contributed by atoms with Crippen LogP contribution in [0.25, 0.3) is 0 Å². The van der Waals surface area contributed by atoms with Gasteiger partial charge in [0.15, 0.2) is 0 Å². The summed E-state index contributed by atoms with van der Waals surface area (Å²) >= 11 is 0. The number of benzene rings is 1. The number of hydrogen-bond acceptors (Lipinski definition) is 1. The molecule has 1 atom stereocenters. The zero-order valence-corrected chi connectivity index (χ0v) is 9.29. The largest absolute Gasteiger partial charge is 0.497 e. The highest BCUT2D eigenvalue weighted by atomic mass is 16.5. The third-order valence-corrected chi connectivity index (χ3v) is 2.50. The predicted octanol–water partition coefficient (Wildman–Crippen LogP) is 1.73. The fraction of sp³-hybridized carbons (Fsp3) is 0.500. The van der Waals surface area contributed by atoms with Gasteiger partial charge in [-0.25, -0.2) is 0 Å². The van der Waals surface area contributed by atoms with Gasteiger partial charge in [0.2, 0.25) is 0 Å². The van der Waals surface area contributed by atoms with Gasteiger partial charge in [0.25, 0.3) is 0 Å². The zero-order valence-electron chi connectivity index (χ0n) is 9.29. The second kappa shape index (κ2) is 5.66. The van der Waals surface area contributed by atoms with Crippen molar-refractivity contribution in [3.8, 4) is 5.75 Å². The monoisotopic (exact) mass is 194 g/mol. The molecule has 2 nitrogen and oxygen atoms in total. The topological polar surface area (TPSA) is 25.8 Å². The third-order valence-electron chi connectivity index (χ3n) is 2.50. The summed E-state index contributed by atoms with van der Waals surface area (Å²) < 4.78 is 5.13. The van der Waals surface area contributed by atoms with Gasteiger partial charge in [0.05, 0.1) is 13.7 Å². The van der Waals surface area contributed by atoms with Crippen molar-refractivity contribution >= 4 is 0 Å². The summed E-state index contributed by atoms with van der Waals surface area (Å²) in [5.74, 6) is 0.931. The van der Waals surface area contributed by atoms with Crippen LogP contribution in [-0.4, -0.2) is 13.7 Å². The molecule has 0 bridgehead atoms. The molecule has 1 aromatic rings. The molecule has 2 heteroatoms. The smallest absolute Gasteiger partial charge is 0.118 e. The van der Waals surface area contributed by atoms with E-state index < -0.39 is 0 Å². The number of nitrogens with two attached hydrogens (primary N) is 1. The van der Waals surface area contributed by atoms with Crippen molar-refractivity contribution in [1.29, 1.82) is 0 Å². The second-order valence-corrected chi connectivity index (χ2v) is 3.43. The average Bonchev–Trinajstić information content (AvgIpc) is 2.26. The van der Waals surface area contributed by atoms with Crippen LogP contribution < -0.4 is 10.1 Å². The van der Waals surface area contributed by atoms with Crippen LogP contribution in [0, 0.1) is 0 Å². The van der Waals surface area contributed by atoms with E-state index in [2.05, 4.69) is 31.3 Å². The third kappa shape index (κ3) is 2.74. The highest BCUT2D eigenvalue weighted by Crippen LogP contribution is 2.16. The fourth-order valence-corrected chi connectivity index (χ4v) is 1.67. The van der Waals surface area contributed by atoms with E-state index in [-0.39, 0.29) is 0 Å². The Morgan fingerprint density at radius 1 is 1.21 bits per heavy atom. The van der Waals surface area contributed by atoms with Crippen LogP contribution in [0.3, 0.4) is 0 Å². The van der Waals surface area contributed by atoms with Gasteiger partial charge >= 0.3 is 0 Å². The lowest BCUT2D eigenvalue weighted by atomic mass is 10.0. The van der Waals surface area contributed by atoms with Gasteiger partial charge in [0.1, 0.15) is 11.8 Å². The highest BCUT2D eigenvalue weighted by molar-refractivity contribution is 5.28. The SMILES string of the molecule is CC[NH2+][C@@H](CC)c1ccc(OC)cc1. The number of rotatable bonds is 5. The van der Waals surface area contributed by atoms with Crippen LogP contribution in [0.1, 0.15) is 31.9 Å². The predicted molar refractivity (Wildman–Crippen MR) is 58.5 cm³/mol. The lowest BCUT2D eigenvalue weighted by Crippen LogP contribution is -2.84. The standard InChI is InChI=1S/C12H19NO/c1-4-12(13-5-2)10-6-8-11(14-3)9-7-10/h6-9,12-13H,4-5H2,1-3H3/p+1/t12-/m0/s1. The molecule has 78 valence electrons. The van der Waals surface area contributed by atoms with E-state index in [0.29, 0.717) is 6.04 Å². The molecule has 0 aliphatic rings.